The molecule has 0 saturated carbocycles. The third kappa shape index (κ3) is 5.35. The molecular formula is C55H40N2O. The molecule has 58 heavy (non-hydrogen) atoms. The van der Waals surface area contributed by atoms with E-state index >= 15 is 0 Å². The zero-order valence-electron chi connectivity index (χ0n) is 32.4. The van der Waals surface area contributed by atoms with Crippen molar-refractivity contribution < 1.29 is 4.74 Å². The molecule has 0 aromatic heterocycles. The Morgan fingerprint density at radius 3 is 1.78 bits per heavy atom. The van der Waals surface area contributed by atoms with Gasteiger partial charge in [-0.3, -0.25) is 0 Å². The smallest absolute Gasteiger partial charge is 0.159 e. The second-order valence-corrected chi connectivity index (χ2v) is 15.7. The fraction of sp³-hybridized carbons (Fsp3) is 0.0545. The monoisotopic (exact) mass is 744 g/mol. The number of para-hydroxylation sites is 2. The van der Waals surface area contributed by atoms with E-state index in [2.05, 4.69) is 230 Å². The van der Waals surface area contributed by atoms with Crippen LogP contribution in [0.4, 0.5) is 34.1 Å². The predicted octanol–water partition coefficient (Wildman–Crippen LogP) is 15.5. The van der Waals surface area contributed by atoms with Gasteiger partial charge in [0.15, 0.2) is 11.5 Å². The summed E-state index contributed by atoms with van der Waals surface area (Å²) in [6, 6.07) is 74.1. The molecule has 2 aliphatic heterocycles. The quantitative estimate of drug-likeness (QED) is 0.169. The van der Waals surface area contributed by atoms with E-state index < -0.39 is 0 Å². The lowest BCUT2D eigenvalue weighted by Gasteiger charge is -2.45. The van der Waals surface area contributed by atoms with Crippen LogP contribution in [0.1, 0.15) is 25.0 Å². The largest absolute Gasteiger partial charge is 0.452 e. The number of benzene rings is 9. The number of hydrogen-bond donors (Lipinski definition) is 0. The van der Waals surface area contributed by atoms with Crippen LogP contribution in [0.2, 0.25) is 0 Å². The summed E-state index contributed by atoms with van der Waals surface area (Å²) >= 11 is 0. The second-order valence-electron chi connectivity index (χ2n) is 15.7. The maximum Gasteiger partial charge on any atom is 0.159 e. The highest BCUT2D eigenvalue weighted by Gasteiger charge is 2.43. The van der Waals surface area contributed by atoms with Crippen molar-refractivity contribution in [3.05, 3.63) is 217 Å². The molecule has 0 N–H and O–H groups in total. The molecule has 0 spiro atoms. The molecule has 276 valence electrons. The molecule has 3 nitrogen and oxygen atoms in total. The molecule has 0 unspecified atom stereocenters. The summed E-state index contributed by atoms with van der Waals surface area (Å²) in [4.78, 5) is 4.84. The molecule has 0 amide bonds. The van der Waals surface area contributed by atoms with Crippen LogP contribution in [0, 0.1) is 0 Å². The van der Waals surface area contributed by atoms with E-state index in [4.69, 9.17) is 4.74 Å². The highest BCUT2D eigenvalue weighted by atomic mass is 16.5. The van der Waals surface area contributed by atoms with Crippen LogP contribution >= 0.6 is 0 Å². The highest BCUT2D eigenvalue weighted by Crippen LogP contribution is 2.63. The topological polar surface area (TPSA) is 15.7 Å². The molecule has 0 aliphatic carbocycles. The van der Waals surface area contributed by atoms with Crippen molar-refractivity contribution in [3.8, 4) is 44.9 Å². The molecule has 9 aromatic carbocycles. The van der Waals surface area contributed by atoms with Gasteiger partial charge in [0.2, 0.25) is 0 Å². The van der Waals surface area contributed by atoms with Crippen molar-refractivity contribution >= 4 is 44.9 Å². The number of nitrogens with zero attached hydrogens (tertiary/aromatic N) is 2. The van der Waals surface area contributed by atoms with Gasteiger partial charge in [-0.25, -0.2) is 0 Å². The van der Waals surface area contributed by atoms with E-state index in [9.17, 15) is 0 Å². The Labute approximate surface area is 339 Å². The highest BCUT2D eigenvalue weighted by molar-refractivity contribution is 6.07. The summed E-state index contributed by atoms with van der Waals surface area (Å²) in [5, 5.41) is 2.37. The summed E-state index contributed by atoms with van der Waals surface area (Å²) in [5.74, 6) is 1.75. The normalized spacial score (nSPS) is 13.2. The maximum absolute atomic E-state index is 7.10. The fourth-order valence-corrected chi connectivity index (χ4v) is 9.16. The predicted molar refractivity (Wildman–Crippen MR) is 242 cm³/mol. The van der Waals surface area contributed by atoms with Gasteiger partial charge in [0, 0.05) is 33.3 Å². The van der Waals surface area contributed by atoms with Gasteiger partial charge in [-0.05, 0) is 81.2 Å². The Bertz CT molecular complexity index is 2990. The van der Waals surface area contributed by atoms with Crippen LogP contribution in [-0.2, 0) is 5.41 Å². The first-order valence-electron chi connectivity index (χ1n) is 20.0. The van der Waals surface area contributed by atoms with Crippen LogP contribution in [0.15, 0.2) is 206 Å². The van der Waals surface area contributed by atoms with Crippen LogP contribution in [0.5, 0.6) is 11.5 Å². The Kier molecular flexibility index (Phi) is 7.84. The van der Waals surface area contributed by atoms with Gasteiger partial charge in [0.1, 0.15) is 0 Å². The first-order chi connectivity index (χ1) is 28.5. The lowest BCUT2D eigenvalue weighted by molar-refractivity contribution is 0.474. The zero-order chi connectivity index (χ0) is 38.8. The van der Waals surface area contributed by atoms with Gasteiger partial charge in [-0.15, -0.1) is 0 Å². The average Bonchev–Trinajstić information content (AvgIpc) is 3.29. The van der Waals surface area contributed by atoms with Crippen LogP contribution in [-0.4, -0.2) is 0 Å². The number of ether oxygens (including phenoxy) is 1. The van der Waals surface area contributed by atoms with Gasteiger partial charge in [0.25, 0.3) is 0 Å². The summed E-state index contributed by atoms with van der Waals surface area (Å²) in [6.45, 7) is 4.67. The van der Waals surface area contributed by atoms with Crippen LogP contribution in [0.3, 0.4) is 0 Å². The fourth-order valence-electron chi connectivity index (χ4n) is 9.16. The summed E-state index contributed by atoms with van der Waals surface area (Å²) in [5.41, 5.74) is 15.9. The standard InChI is InChI=1S/C55H40N2O/c1-55(2)47-22-12-14-24-50(47)57-52-45-21-10-9-19-40(45)29-36-51(52)58-54-46(34-35-48(55)53(54)57)41-27-32-43(33-28-41)56(42-30-25-38(26-31-42)37-15-5-3-6-16-37)49-23-13-11-20-44(49)39-17-7-4-8-18-39/h3-36H,1-2H3. The third-order valence-corrected chi connectivity index (χ3v) is 12.0. The van der Waals surface area contributed by atoms with Crippen molar-refractivity contribution in [2.75, 3.05) is 9.80 Å². The Balaban J connectivity index is 1.06. The molecule has 0 saturated heterocycles. The molecule has 0 radical (unpaired) electrons. The minimum absolute atomic E-state index is 0.228. The van der Waals surface area contributed by atoms with Crippen molar-refractivity contribution in [3.63, 3.8) is 0 Å². The van der Waals surface area contributed by atoms with Crippen LogP contribution < -0.4 is 14.5 Å². The van der Waals surface area contributed by atoms with Gasteiger partial charge >= 0.3 is 0 Å². The van der Waals surface area contributed by atoms with Crippen molar-refractivity contribution in [1.29, 1.82) is 0 Å². The first-order valence-corrected chi connectivity index (χ1v) is 20.0. The van der Waals surface area contributed by atoms with Crippen molar-refractivity contribution in [2.45, 2.75) is 19.3 Å². The minimum atomic E-state index is -0.228. The third-order valence-electron chi connectivity index (χ3n) is 12.0. The van der Waals surface area contributed by atoms with E-state index in [1.165, 1.54) is 49.8 Å². The number of anilines is 6. The van der Waals surface area contributed by atoms with Crippen LogP contribution in [0.25, 0.3) is 44.2 Å². The molecule has 0 bridgehead atoms. The zero-order valence-corrected chi connectivity index (χ0v) is 32.4. The molecule has 2 heterocycles. The van der Waals surface area contributed by atoms with Gasteiger partial charge < -0.3 is 14.5 Å². The van der Waals surface area contributed by atoms with Gasteiger partial charge in [0.05, 0.1) is 22.7 Å². The Morgan fingerprint density at radius 2 is 1.02 bits per heavy atom. The Hall–Kier alpha value is -7.36. The van der Waals surface area contributed by atoms with E-state index in [0.29, 0.717) is 0 Å². The van der Waals surface area contributed by atoms with E-state index in [0.717, 1.165) is 51.1 Å². The molecule has 0 atom stereocenters. The Morgan fingerprint density at radius 1 is 0.431 bits per heavy atom. The lowest BCUT2D eigenvalue weighted by Crippen LogP contribution is -2.32. The maximum atomic E-state index is 7.10. The molecule has 3 heteroatoms. The summed E-state index contributed by atoms with van der Waals surface area (Å²) in [6.07, 6.45) is 0. The average molecular weight is 745 g/mol. The molecule has 11 rings (SSSR count). The molecule has 9 aromatic rings. The first kappa shape index (κ1) is 33.9. The van der Waals surface area contributed by atoms with E-state index in [1.807, 2.05) is 0 Å². The lowest BCUT2D eigenvalue weighted by atomic mass is 9.72. The SMILES string of the molecule is CC1(C)c2ccccc2N2c3c1ccc(-c1ccc(N(c4ccc(-c5ccccc5)cc4)c4ccccc4-c4ccccc4)cc1)c3Oc1ccc3ccccc3c12. The van der Waals surface area contributed by atoms with Crippen molar-refractivity contribution in [1.82, 2.24) is 0 Å². The minimum Gasteiger partial charge on any atom is -0.452 e. The van der Waals surface area contributed by atoms with Gasteiger partial charge in [-0.1, -0.05) is 178 Å². The second kappa shape index (κ2) is 13.4. The van der Waals surface area contributed by atoms with Gasteiger partial charge in [-0.2, -0.15) is 0 Å². The molecule has 2 aliphatic rings. The molecule has 0 fully saturated rings. The summed E-state index contributed by atoms with van der Waals surface area (Å²) in [7, 11) is 0. The van der Waals surface area contributed by atoms with E-state index in [1.54, 1.807) is 0 Å². The van der Waals surface area contributed by atoms with Crippen molar-refractivity contribution in [2.24, 2.45) is 0 Å². The number of hydrogen-bond acceptors (Lipinski definition) is 3. The number of rotatable bonds is 6. The van der Waals surface area contributed by atoms with E-state index in [-0.39, 0.29) is 5.41 Å². The number of fused-ring (bicyclic) bond motifs is 6. The summed E-state index contributed by atoms with van der Waals surface area (Å²) < 4.78 is 7.10. The molecular weight excluding hydrogens is 705 g/mol.